The molecule has 0 spiro atoms. The maximum absolute atomic E-state index is 9.99. The minimum Gasteiger partial charge on any atom is -0.388 e. The number of rotatable bonds is 8. The van der Waals surface area contributed by atoms with Crippen molar-refractivity contribution in [3.05, 3.63) is 59.3 Å². The number of aliphatic hydroxyl groups is 1. The number of thiophene rings is 1. The normalized spacial score (nSPS) is 13.6. The summed E-state index contributed by atoms with van der Waals surface area (Å²) in [7, 11) is 2.04. The lowest BCUT2D eigenvalue weighted by atomic mass is 10.2. The second kappa shape index (κ2) is 8.03. The number of allylic oxidation sites excluding steroid dienone is 2. The third-order valence-electron chi connectivity index (χ3n) is 2.70. The van der Waals surface area contributed by atoms with Gasteiger partial charge < -0.3 is 10.0 Å². The first kappa shape index (κ1) is 14.9. The standard InChI is InChI=1S/C15H21NOS/c1-4-7-13(5-2)12-16(3)10-9-14(17)15-8-6-11-18-15/h4-8,11,14,17H,1-2,9-10,12H2,3H3/b13-7+. The van der Waals surface area contributed by atoms with Crippen LogP contribution in [0.2, 0.25) is 0 Å². The van der Waals surface area contributed by atoms with E-state index in [0.717, 1.165) is 30.0 Å². The predicted molar refractivity (Wildman–Crippen MR) is 79.9 cm³/mol. The zero-order valence-corrected chi connectivity index (χ0v) is 11.7. The van der Waals surface area contributed by atoms with Crippen LogP contribution in [0.25, 0.3) is 0 Å². The second-order valence-corrected chi connectivity index (χ2v) is 5.22. The smallest absolute Gasteiger partial charge is 0.0894 e. The molecule has 0 aliphatic heterocycles. The SMILES string of the molecule is C=C/C=C(\C=C)CN(C)CCC(O)c1cccs1. The van der Waals surface area contributed by atoms with Crippen molar-refractivity contribution in [3.8, 4) is 0 Å². The van der Waals surface area contributed by atoms with Gasteiger partial charge in [-0.2, -0.15) is 0 Å². The van der Waals surface area contributed by atoms with Crippen molar-refractivity contribution in [3.63, 3.8) is 0 Å². The van der Waals surface area contributed by atoms with Crippen molar-refractivity contribution in [2.45, 2.75) is 12.5 Å². The number of aliphatic hydroxyl groups excluding tert-OH is 1. The van der Waals surface area contributed by atoms with Crippen LogP contribution in [0.3, 0.4) is 0 Å². The van der Waals surface area contributed by atoms with Crippen molar-refractivity contribution < 1.29 is 5.11 Å². The molecule has 2 nitrogen and oxygen atoms in total. The van der Waals surface area contributed by atoms with Gasteiger partial charge in [0.15, 0.2) is 0 Å². The van der Waals surface area contributed by atoms with Crippen molar-refractivity contribution in [1.82, 2.24) is 4.90 Å². The Morgan fingerprint density at radius 3 is 2.89 bits per heavy atom. The van der Waals surface area contributed by atoms with Crippen LogP contribution in [0.1, 0.15) is 17.4 Å². The van der Waals surface area contributed by atoms with Gasteiger partial charge in [0.1, 0.15) is 0 Å². The summed E-state index contributed by atoms with van der Waals surface area (Å²) in [5.74, 6) is 0. The van der Waals surface area contributed by atoms with E-state index < -0.39 is 0 Å². The van der Waals surface area contributed by atoms with Gasteiger partial charge >= 0.3 is 0 Å². The predicted octanol–water partition coefficient (Wildman–Crippen LogP) is 3.40. The van der Waals surface area contributed by atoms with Crippen molar-refractivity contribution in [1.29, 1.82) is 0 Å². The summed E-state index contributed by atoms with van der Waals surface area (Å²) < 4.78 is 0. The van der Waals surface area contributed by atoms with Gasteiger partial charge in [0.2, 0.25) is 0 Å². The van der Waals surface area contributed by atoms with Crippen LogP contribution in [0.4, 0.5) is 0 Å². The first-order valence-corrected chi connectivity index (χ1v) is 6.89. The summed E-state index contributed by atoms with van der Waals surface area (Å²) in [5.41, 5.74) is 1.14. The van der Waals surface area contributed by atoms with Crippen LogP contribution >= 0.6 is 11.3 Å². The fourth-order valence-corrected chi connectivity index (χ4v) is 2.44. The molecule has 0 aromatic carbocycles. The molecule has 1 rings (SSSR count). The first-order valence-electron chi connectivity index (χ1n) is 6.01. The summed E-state index contributed by atoms with van der Waals surface area (Å²) in [5, 5.41) is 12.0. The number of likely N-dealkylation sites (N-methyl/N-ethyl adjacent to an activating group) is 1. The van der Waals surface area contributed by atoms with Gasteiger partial charge in [0.25, 0.3) is 0 Å². The Morgan fingerprint density at radius 1 is 1.56 bits per heavy atom. The average Bonchev–Trinajstić information content (AvgIpc) is 2.89. The zero-order valence-electron chi connectivity index (χ0n) is 10.9. The van der Waals surface area contributed by atoms with E-state index in [1.54, 1.807) is 17.4 Å². The quantitative estimate of drug-likeness (QED) is 0.727. The molecule has 3 heteroatoms. The van der Waals surface area contributed by atoms with Gasteiger partial charge in [-0.05, 0) is 30.5 Å². The van der Waals surface area contributed by atoms with Crippen LogP contribution in [-0.4, -0.2) is 30.1 Å². The highest BCUT2D eigenvalue weighted by atomic mass is 32.1. The topological polar surface area (TPSA) is 23.5 Å². The molecule has 0 aliphatic carbocycles. The maximum Gasteiger partial charge on any atom is 0.0894 e. The molecular formula is C15H21NOS. The summed E-state index contributed by atoms with van der Waals surface area (Å²) in [6, 6.07) is 3.94. The minimum atomic E-state index is -0.358. The molecule has 0 radical (unpaired) electrons. The molecule has 0 fully saturated rings. The van der Waals surface area contributed by atoms with Crippen LogP contribution in [0.5, 0.6) is 0 Å². The van der Waals surface area contributed by atoms with E-state index in [0.29, 0.717) is 0 Å². The highest BCUT2D eigenvalue weighted by molar-refractivity contribution is 7.10. The molecule has 0 amide bonds. The van der Waals surface area contributed by atoms with Crippen molar-refractivity contribution in [2.75, 3.05) is 20.1 Å². The molecule has 1 atom stereocenters. The lowest BCUT2D eigenvalue weighted by Gasteiger charge is -2.18. The molecule has 1 aromatic heterocycles. The molecule has 18 heavy (non-hydrogen) atoms. The van der Waals surface area contributed by atoms with Gasteiger partial charge in [-0.1, -0.05) is 37.5 Å². The third kappa shape index (κ3) is 5.00. The molecule has 0 saturated carbocycles. The minimum absolute atomic E-state index is 0.358. The highest BCUT2D eigenvalue weighted by Crippen LogP contribution is 2.21. The summed E-state index contributed by atoms with van der Waals surface area (Å²) >= 11 is 1.60. The Hall–Kier alpha value is -1.16. The van der Waals surface area contributed by atoms with Gasteiger partial charge in [-0.15, -0.1) is 11.3 Å². The molecular weight excluding hydrogens is 242 g/mol. The van der Waals surface area contributed by atoms with E-state index in [2.05, 4.69) is 18.1 Å². The van der Waals surface area contributed by atoms with E-state index in [9.17, 15) is 5.11 Å². The fraction of sp³-hybridized carbons (Fsp3) is 0.333. The molecule has 98 valence electrons. The maximum atomic E-state index is 9.99. The third-order valence-corrected chi connectivity index (χ3v) is 3.68. The van der Waals surface area contributed by atoms with Crippen LogP contribution in [0.15, 0.2) is 54.5 Å². The van der Waals surface area contributed by atoms with E-state index >= 15 is 0 Å². The van der Waals surface area contributed by atoms with Gasteiger partial charge in [0.05, 0.1) is 6.10 Å². The Bertz CT molecular complexity index is 395. The van der Waals surface area contributed by atoms with Crippen molar-refractivity contribution >= 4 is 11.3 Å². The zero-order chi connectivity index (χ0) is 13.4. The lowest BCUT2D eigenvalue weighted by molar-refractivity contribution is 0.154. The van der Waals surface area contributed by atoms with Gasteiger partial charge in [-0.25, -0.2) is 0 Å². The molecule has 1 aromatic rings. The van der Waals surface area contributed by atoms with Gasteiger partial charge in [0, 0.05) is 18.0 Å². The second-order valence-electron chi connectivity index (χ2n) is 4.24. The number of hydrogen-bond acceptors (Lipinski definition) is 3. The Labute approximate surface area is 114 Å². The largest absolute Gasteiger partial charge is 0.388 e. The van der Waals surface area contributed by atoms with Crippen LogP contribution in [0, 0.1) is 0 Å². The lowest BCUT2D eigenvalue weighted by Crippen LogP contribution is -2.23. The van der Waals surface area contributed by atoms with E-state index in [1.165, 1.54) is 0 Å². The van der Waals surface area contributed by atoms with E-state index in [-0.39, 0.29) is 6.10 Å². The highest BCUT2D eigenvalue weighted by Gasteiger charge is 2.09. The van der Waals surface area contributed by atoms with Crippen molar-refractivity contribution in [2.24, 2.45) is 0 Å². The Balaban J connectivity index is 2.37. The number of nitrogens with zero attached hydrogens (tertiary/aromatic N) is 1. The summed E-state index contributed by atoms with van der Waals surface area (Å²) in [4.78, 5) is 3.21. The summed E-state index contributed by atoms with van der Waals surface area (Å²) in [6.07, 6.45) is 5.96. The van der Waals surface area contributed by atoms with E-state index in [4.69, 9.17) is 0 Å². The monoisotopic (exact) mass is 263 g/mol. The molecule has 0 bridgehead atoms. The van der Waals surface area contributed by atoms with Crippen LogP contribution in [-0.2, 0) is 0 Å². The van der Waals surface area contributed by atoms with E-state index in [1.807, 2.05) is 36.7 Å². The molecule has 1 unspecified atom stereocenters. The average molecular weight is 263 g/mol. The Kier molecular flexibility index (Phi) is 6.65. The Morgan fingerprint density at radius 2 is 2.33 bits per heavy atom. The summed E-state index contributed by atoms with van der Waals surface area (Å²) in [6.45, 7) is 9.14. The van der Waals surface area contributed by atoms with Gasteiger partial charge in [-0.3, -0.25) is 0 Å². The first-order chi connectivity index (χ1) is 8.67. The molecule has 0 aliphatic rings. The molecule has 1 N–H and O–H groups in total. The van der Waals surface area contributed by atoms with Crippen LogP contribution < -0.4 is 0 Å². The fourth-order valence-electron chi connectivity index (χ4n) is 1.69. The molecule has 0 saturated heterocycles. The molecule has 1 heterocycles. The number of hydrogen-bond donors (Lipinski definition) is 1.